The number of carbonyl (C=O) groups is 4. The van der Waals surface area contributed by atoms with Gasteiger partial charge < -0.3 is 23.9 Å². The molecule has 4 aromatic rings. The van der Waals surface area contributed by atoms with Gasteiger partial charge in [0.25, 0.3) is 0 Å². The lowest BCUT2D eigenvalue weighted by Crippen LogP contribution is -2.19. The van der Waals surface area contributed by atoms with Crippen molar-refractivity contribution in [1.82, 2.24) is 4.57 Å². The summed E-state index contributed by atoms with van der Waals surface area (Å²) in [6, 6.07) is 20.8. The Balaban J connectivity index is 1.45. The van der Waals surface area contributed by atoms with Crippen LogP contribution in [-0.2, 0) is 20.9 Å². The Morgan fingerprint density at radius 3 is 2.17 bits per heavy atom. The van der Waals surface area contributed by atoms with E-state index in [2.05, 4.69) is 4.74 Å². The number of hydrogen-bond donors (Lipinski definition) is 1. The van der Waals surface area contributed by atoms with Crippen LogP contribution in [0, 0.1) is 6.92 Å². The molecule has 41 heavy (non-hydrogen) atoms. The topological polar surface area (TPSA) is 121 Å². The second-order valence-corrected chi connectivity index (χ2v) is 9.50. The smallest absolute Gasteiger partial charge is 0.335 e. The van der Waals surface area contributed by atoms with Crippen molar-refractivity contribution in [2.45, 2.75) is 39.2 Å². The summed E-state index contributed by atoms with van der Waals surface area (Å²) in [5.41, 5.74) is 1.57. The molecule has 0 saturated carbocycles. The van der Waals surface area contributed by atoms with Crippen molar-refractivity contribution in [3.8, 4) is 17.2 Å². The second-order valence-electron chi connectivity index (χ2n) is 9.50. The van der Waals surface area contributed by atoms with Crippen LogP contribution in [0.5, 0.6) is 17.2 Å². The van der Waals surface area contributed by atoms with E-state index in [1.54, 1.807) is 41.8 Å². The Morgan fingerprint density at radius 1 is 0.829 bits per heavy atom. The van der Waals surface area contributed by atoms with Crippen LogP contribution in [0.3, 0.4) is 0 Å². The molecule has 0 aliphatic heterocycles. The number of para-hydroxylation sites is 1. The fourth-order valence-electron chi connectivity index (χ4n) is 4.57. The molecular weight excluding hydrogens is 526 g/mol. The molecule has 4 rings (SSSR count). The zero-order valence-corrected chi connectivity index (χ0v) is 22.9. The molecule has 0 atom stereocenters. The highest BCUT2D eigenvalue weighted by atomic mass is 16.5. The largest absolute Gasteiger partial charge is 0.486 e. The second kappa shape index (κ2) is 13.4. The number of nitrogens with zero attached hydrogens (tertiary/aromatic N) is 1. The summed E-state index contributed by atoms with van der Waals surface area (Å²) in [6.45, 7) is 1.49. The maximum absolute atomic E-state index is 13.2. The normalized spacial score (nSPS) is 10.8. The highest BCUT2D eigenvalue weighted by Crippen LogP contribution is 2.29. The monoisotopic (exact) mass is 557 g/mol. The van der Waals surface area contributed by atoms with Crippen molar-refractivity contribution < 1.29 is 38.5 Å². The number of rotatable bonds is 14. The van der Waals surface area contributed by atoms with E-state index < -0.39 is 5.97 Å². The summed E-state index contributed by atoms with van der Waals surface area (Å²) in [7, 11) is 1.32. The van der Waals surface area contributed by atoms with Crippen LogP contribution in [-0.4, -0.2) is 46.9 Å². The van der Waals surface area contributed by atoms with Crippen LogP contribution in [0.1, 0.15) is 52.1 Å². The van der Waals surface area contributed by atoms with Crippen LogP contribution in [0.15, 0.2) is 72.8 Å². The van der Waals surface area contributed by atoms with E-state index in [-0.39, 0.29) is 49.1 Å². The predicted molar refractivity (Wildman–Crippen MR) is 152 cm³/mol. The molecule has 9 heteroatoms. The molecule has 0 radical (unpaired) electrons. The van der Waals surface area contributed by atoms with Crippen molar-refractivity contribution in [3.63, 3.8) is 0 Å². The van der Waals surface area contributed by atoms with E-state index in [1.165, 1.54) is 19.2 Å². The molecule has 0 bridgehead atoms. The average molecular weight is 558 g/mol. The van der Waals surface area contributed by atoms with Gasteiger partial charge in [-0.2, -0.15) is 0 Å². The van der Waals surface area contributed by atoms with E-state index in [4.69, 9.17) is 9.47 Å². The number of methoxy groups -OCH3 is 1. The lowest BCUT2D eigenvalue weighted by molar-refractivity contribution is -0.140. The first kappa shape index (κ1) is 29.1. The van der Waals surface area contributed by atoms with Crippen LogP contribution < -0.4 is 9.47 Å². The molecule has 0 spiro atoms. The van der Waals surface area contributed by atoms with Crippen molar-refractivity contribution in [2.75, 3.05) is 13.7 Å². The van der Waals surface area contributed by atoms with E-state index in [1.807, 2.05) is 30.3 Å². The number of Topliss-reactive ketones (excluding diaryl/α,β-unsaturated/α-hetero) is 2. The molecular formula is C32H31NO8. The molecule has 1 heterocycles. The third kappa shape index (κ3) is 7.39. The zero-order chi connectivity index (χ0) is 29.4. The molecule has 3 aromatic carbocycles. The fourth-order valence-corrected chi connectivity index (χ4v) is 4.57. The minimum Gasteiger partial charge on any atom is -0.486 e. The minimum absolute atomic E-state index is 0.0451. The molecule has 0 fully saturated rings. The van der Waals surface area contributed by atoms with E-state index in [9.17, 15) is 24.3 Å². The first-order valence-corrected chi connectivity index (χ1v) is 13.2. The number of carboxylic acid groups (broad SMARTS) is 1. The summed E-state index contributed by atoms with van der Waals surface area (Å²) in [5.74, 6) is -0.0179. The van der Waals surface area contributed by atoms with Gasteiger partial charge in [0.1, 0.15) is 23.9 Å². The summed E-state index contributed by atoms with van der Waals surface area (Å²) in [6.07, 6.45) is 1.35. The highest BCUT2D eigenvalue weighted by molar-refractivity contribution is 6.11. The van der Waals surface area contributed by atoms with Crippen LogP contribution in [0.4, 0.5) is 0 Å². The van der Waals surface area contributed by atoms with Crippen LogP contribution in [0.2, 0.25) is 0 Å². The number of fused-ring (bicyclic) bond motifs is 1. The van der Waals surface area contributed by atoms with Gasteiger partial charge in [-0.15, -0.1) is 0 Å². The Bertz CT molecular complexity index is 1550. The van der Waals surface area contributed by atoms with E-state index in [0.29, 0.717) is 52.3 Å². The number of ether oxygens (including phenoxy) is 3. The maximum Gasteiger partial charge on any atom is 0.335 e. The Kier molecular flexibility index (Phi) is 9.52. The van der Waals surface area contributed by atoms with Gasteiger partial charge in [-0.1, -0.05) is 18.2 Å². The molecule has 1 N–H and O–H groups in total. The molecule has 0 aliphatic carbocycles. The lowest BCUT2D eigenvalue weighted by Gasteiger charge is -2.10. The Hall–Kier alpha value is -4.92. The number of aromatic nitrogens is 1. The van der Waals surface area contributed by atoms with Crippen molar-refractivity contribution in [3.05, 3.63) is 89.6 Å². The third-order valence-corrected chi connectivity index (χ3v) is 6.65. The molecule has 1 aromatic heterocycles. The maximum atomic E-state index is 13.2. The van der Waals surface area contributed by atoms with Crippen molar-refractivity contribution in [1.29, 1.82) is 0 Å². The zero-order valence-electron chi connectivity index (χ0n) is 22.9. The molecule has 0 unspecified atom stereocenters. The third-order valence-electron chi connectivity index (χ3n) is 6.65. The van der Waals surface area contributed by atoms with Gasteiger partial charge in [0, 0.05) is 35.0 Å². The van der Waals surface area contributed by atoms with Gasteiger partial charge in [-0.25, -0.2) is 4.79 Å². The summed E-state index contributed by atoms with van der Waals surface area (Å²) in [4.78, 5) is 49.2. The predicted octanol–water partition coefficient (Wildman–Crippen LogP) is 6.00. The fraction of sp³-hybridized carbons (Fsp3) is 0.250. The van der Waals surface area contributed by atoms with Gasteiger partial charge in [0.15, 0.2) is 11.6 Å². The highest BCUT2D eigenvalue weighted by Gasteiger charge is 2.22. The number of esters is 1. The standard InChI is InChI=1S/C32H31NO8/c1-21-31(29(35)10-6-7-11-30(36)39-2)27-18-22(32(37)38)12-17-28(27)33(21)19-23(34)20-40-24-13-15-26(16-14-24)41-25-8-4-3-5-9-25/h3-5,8-9,12-18H,6-7,10-11,19-20H2,1-2H3,(H,37,38). The van der Waals surface area contributed by atoms with Crippen molar-refractivity contribution >= 4 is 34.4 Å². The molecule has 0 amide bonds. The first-order chi connectivity index (χ1) is 19.8. The molecule has 0 aliphatic rings. The number of aromatic carboxylic acids is 1. The van der Waals surface area contributed by atoms with Crippen molar-refractivity contribution in [2.24, 2.45) is 0 Å². The van der Waals surface area contributed by atoms with Crippen LogP contribution >= 0.6 is 0 Å². The SMILES string of the molecule is COC(=O)CCCCC(=O)c1c(C)n(CC(=O)COc2ccc(Oc3ccccc3)cc2)c2ccc(C(=O)O)cc12. The molecule has 212 valence electrons. The summed E-state index contributed by atoms with van der Waals surface area (Å²) in [5, 5.41) is 9.97. The average Bonchev–Trinajstić information content (AvgIpc) is 3.25. The van der Waals surface area contributed by atoms with E-state index >= 15 is 0 Å². The number of benzene rings is 3. The number of carbonyl (C=O) groups excluding carboxylic acids is 3. The van der Waals surface area contributed by atoms with Crippen LogP contribution in [0.25, 0.3) is 10.9 Å². The molecule has 9 nitrogen and oxygen atoms in total. The lowest BCUT2D eigenvalue weighted by atomic mass is 10.0. The Morgan fingerprint density at radius 2 is 1.49 bits per heavy atom. The summed E-state index contributed by atoms with van der Waals surface area (Å²) >= 11 is 0. The number of carboxylic acids is 1. The quantitative estimate of drug-likeness (QED) is 0.114. The number of ketones is 2. The van der Waals surface area contributed by atoms with Gasteiger partial charge in [0.2, 0.25) is 0 Å². The van der Waals surface area contributed by atoms with Gasteiger partial charge in [-0.3, -0.25) is 14.4 Å². The first-order valence-electron chi connectivity index (χ1n) is 13.2. The van der Waals surface area contributed by atoms with Gasteiger partial charge >= 0.3 is 11.9 Å². The number of unbranched alkanes of at least 4 members (excludes halogenated alkanes) is 1. The van der Waals surface area contributed by atoms with Gasteiger partial charge in [0.05, 0.1) is 19.2 Å². The number of hydrogen-bond acceptors (Lipinski definition) is 7. The summed E-state index contributed by atoms with van der Waals surface area (Å²) < 4.78 is 17.8. The minimum atomic E-state index is -1.11. The van der Waals surface area contributed by atoms with Gasteiger partial charge in [-0.05, 0) is 74.4 Å². The molecule has 0 saturated heterocycles. The Labute approximate surface area is 237 Å². The van der Waals surface area contributed by atoms with E-state index in [0.717, 1.165) is 0 Å².